The molecule has 0 fully saturated rings. The average Bonchev–Trinajstić information content (AvgIpc) is 2.36. The zero-order valence-electron chi connectivity index (χ0n) is 11.3. The molecule has 0 aliphatic rings. The number of amides is 1. The number of ether oxygens (including phenoxy) is 1. The molecule has 0 radical (unpaired) electrons. The highest BCUT2D eigenvalue weighted by Gasteiger charge is 2.22. The molecule has 0 atom stereocenters. The molecule has 1 aromatic rings. The van der Waals surface area contributed by atoms with Gasteiger partial charge in [0.15, 0.2) is 0 Å². The van der Waals surface area contributed by atoms with Gasteiger partial charge >= 0.3 is 5.97 Å². The molecule has 0 aromatic heterocycles. The number of alkyl halides is 1. The minimum Gasteiger partial charge on any atom is -0.463 e. The molecule has 0 spiro atoms. The lowest BCUT2D eigenvalue weighted by molar-refractivity contribution is -0.142. The number of benzene rings is 1. The van der Waals surface area contributed by atoms with E-state index in [0.717, 1.165) is 5.56 Å². The van der Waals surface area contributed by atoms with Gasteiger partial charge in [-0.25, -0.2) is 0 Å². The number of rotatable bonds is 5. The van der Waals surface area contributed by atoms with Gasteiger partial charge < -0.3 is 10.1 Å². The van der Waals surface area contributed by atoms with Gasteiger partial charge in [-0.3, -0.25) is 9.59 Å². The second-order valence-corrected chi connectivity index (χ2v) is 5.22. The Morgan fingerprint density at radius 1 is 1.26 bits per heavy atom. The molecule has 0 bridgehead atoms. The van der Waals surface area contributed by atoms with Crippen molar-refractivity contribution in [1.82, 2.24) is 5.32 Å². The predicted molar refractivity (Wildman–Crippen MR) is 74.2 cm³/mol. The van der Waals surface area contributed by atoms with Crippen molar-refractivity contribution in [2.75, 3.05) is 6.61 Å². The van der Waals surface area contributed by atoms with E-state index in [0.29, 0.717) is 11.4 Å². The van der Waals surface area contributed by atoms with Gasteiger partial charge in [-0.05, 0) is 31.5 Å². The SMILES string of the molecule is CC(=O)OCC(C)(C)NC(=O)c1ccc(CCl)cc1. The molecule has 0 heterocycles. The summed E-state index contributed by atoms with van der Waals surface area (Å²) in [7, 11) is 0. The summed E-state index contributed by atoms with van der Waals surface area (Å²) in [6, 6.07) is 7.05. The van der Waals surface area contributed by atoms with Crippen LogP contribution in [0.4, 0.5) is 0 Å². The third-order valence-electron chi connectivity index (χ3n) is 2.46. The van der Waals surface area contributed by atoms with Crippen LogP contribution in [0.1, 0.15) is 36.7 Å². The summed E-state index contributed by atoms with van der Waals surface area (Å²) < 4.78 is 4.91. The van der Waals surface area contributed by atoms with Crippen LogP contribution in [0.3, 0.4) is 0 Å². The van der Waals surface area contributed by atoms with Crippen molar-refractivity contribution >= 4 is 23.5 Å². The number of halogens is 1. The number of carbonyl (C=O) groups is 2. The Kier molecular flexibility index (Phi) is 5.36. The van der Waals surface area contributed by atoms with Crippen LogP contribution >= 0.6 is 11.6 Å². The number of esters is 1. The molecule has 0 unspecified atom stereocenters. The number of hydrogen-bond acceptors (Lipinski definition) is 3. The van der Waals surface area contributed by atoms with Crippen LogP contribution in [-0.2, 0) is 15.4 Å². The first-order valence-corrected chi connectivity index (χ1v) is 6.48. The fraction of sp³-hybridized carbons (Fsp3) is 0.429. The summed E-state index contributed by atoms with van der Waals surface area (Å²) in [5.41, 5.74) is 0.885. The maximum atomic E-state index is 12.0. The second-order valence-electron chi connectivity index (χ2n) is 4.95. The van der Waals surface area contributed by atoms with Crippen LogP contribution in [0.15, 0.2) is 24.3 Å². The summed E-state index contributed by atoms with van der Waals surface area (Å²) in [4.78, 5) is 22.8. The zero-order valence-corrected chi connectivity index (χ0v) is 12.1. The van der Waals surface area contributed by atoms with Crippen LogP contribution in [0.5, 0.6) is 0 Å². The van der Waals surface area contributed by atoms with Crippen molar-refractivity contribution in [2.24, 2.45) is 0 Å². The minimum atomic E-state index is -0.617. The summed E-state index contributed by atoms with van der Waals surface area (Å²) in [5, 5.41) is 2.82. The van der Waals surface area contributed by atoms with Crippen molar-refractivity contribution in [2.45, 2.75) is 32.2 Å². The van der Waals surface area contributed by atoms with Gasteiger partial charge in [-0.15, -0.1) is 11.6 Å². The maximum Gasteiger partial charge on any atom is 0.302 e. The second kappa shape index (κ2) is 6.57. The molecule has 5 heteroatoms. The normalized spacial score (nSPS) is 10.9. The summed E-state index contributed by atoms with van der Waals surface area (Å²) in [6.07, 6.45) is 0. The molecule has 4 nitrogen and oxygen atoms in total. The number of carbonyl (C=O) groups excluding carboxylic acids is 2. The Balaban J connectivity index is 2.64. The fourth-order valence-corrected chi connectivity index (χ4v) is 1.62. The Bertz CT molecular complexity index is 454. The molecule has 104 valence electrons. The third-order valence-corrected chi connectivity index (χ3v) is 2.77. The molecule has 0 saturated heterocycles. The third kappa shape index (κ3) is 5.30. The zero-order chi connectivity index (χ0) is 14.5. The number of hydrogen-bond donors (Lipinski definition) is 1. The standard InChI is InChI=1S/C14H18ClNO3/c1-10(17)19-9-14(2,3)16-13(18)12-6-4-11(8-15)5-7-12/h4-7H,8-9H2,1-3H3,(H,16,18). The Morgan fingerprint density at radius 3 is 2.32 bits per heavy atom. The van der Waals surface area contributed by atoms with Gasteiger partial charge in [0.05, 0.1) is 5.54 Å². The summed E-state index contributed by atoms with van der Waals surface area (Å²) in [6.45, 7) is 5.05. The van der Waals surface area contributed by atoms with Crippen LogP contribution in [0, 0.1) is 0 Å². The van der Waals surface area contributed by atoms with Crippen LogP contribution in [0.25, 0.3) is 0 Å². The van der Waals surface area contributed by atoms with E-state index in [1.54, 1.807) is 38.1 Å². The lowest BCUT2D eigenvalue weighted by Crippen LogP contribution is -2.47. The lowest BCUT2D eigenvalue weighted by atomic mass is 10.1. The largest absolute Gasteiger partial charge is 0.463 e. The molecule has 1 amide bonds. The van der Waals surface area contributed by atoms with E-state index in [1.807, 2.05) is 0 Å². The van der Waals surface area contributed by atoms with Crippen LogP contribution in [-0.4, -0.2) is 24.0 Å². The first kappa shape index (κ1) is 15.5. The minimum absolute atomic E-state index is 0.133. The first-order valence-electron chi connectivity index (χ1n) is 5.95. The molecule has 0 aliphatic heterocycles. The molecular formula is C14H18ClNO3. The highest BCUT2D eigenvalue weighted by Crippen LogP contribution is 2.09. The van der Waals surface area contributed by atoms with Gasteiger partial charge in [0.25, 0.3) is 5.91 Å². The Morgan fingerprint density at radius 2 is 1.84 bits per heavy atom. The summed E-state index contributed by atoms with van der Waals surface area (Å²) >= 11 is 5.69. The van der Waals surface area contributed by atoms with E-state index in [1.165, 1.54) is 6.92 Å². The summed E-state index contributed by atoms with van der Waals surface area (Å²) in [5.74, 6) is -0.160. The molecule has 0 aliphatic carbocycles. The van der Waals surface area contributed by atoms with E-state index in [9.17, 15) is 9.59 Å². The van der Waals surface area contributed by atoms with Crippen molar-refractivity contribution in [3.05, 3.63) is 35.4 Å². The molecule has 1 aromatic carbocycles. The monoisotopic (exact) mass is 283 g/mol. The maximum absolute atomic E-state index is 12.0. The van der Waals surface area contributed by atoms with Crippen molar-refractivity contribution in [3.63, 3.8) is 0 Å². The molecule has 1 rings (SSSR count). The Labute approximate surface area is 118 Å². The average molecular weight is 284 g/mol. The molecule has 0 saturated carbocycles. The topological polar surface area (TPSA) is 55.4 Å². The van der Waals surface area contributed by atoms with Crippen molar-refractivity contribution in [3.8, 4) is 0 Å². The smallest absolute Gasteiger partial charge is 0.302 e. The number of nitrogens with one attached hydrogen (secondary N) is 1. The van der Waals surface area contributed by atoms with Gasteiger partial charge in [-0.2, -0.15) is 0 Å². The highest BCUT2D eigenvalue weighted by molar-refractivity contribution is 6.17. The fourth-order valence-electron chi connectivity index (χ4n) is 1.44. The predicted octanol–water partition coefficient (Wildman–Crippen LogP) is 2.50. The van der Waals surface area contributed by atoms with Gasteiger partial charge in [0.2, 0.25) is 0 Å². The molecular weight excluding hydrogens is 266 g/mol. The van der Waals surface area contributed by atoms with Crippen LogP contribution < -0.4 is 5.32 Å². The quantitative estimate of drug-likeness (QED) is 0.667. The first-order chi connectivity index (χ1) is 8.84. The van der Waals surface area contributed by atoms with Crippen LogP contribution in [0.2, 0.25) is 0 Å². The van der Waals surface area contributed by atoms with E-state index in [-0.39, 0.29) is 18.5 Å². The molecule has 1 N–H and O–H groups in total. The van der Waals surface area contributed by atoms with E-state index in [2.05, 4.69) is 5.32 Å². The highest BCUT2D eigenvalue weighted by atomic mass is 35.5. The molecule has 19 heavy (non-hydrogen) atoms. The Hall–Kier alpha value is -1.55. The van der Waals surface area contributed by atoms with Crippen molar-refractivity contribution < 1.29 is 14.3 Å². The van der Waals surface area contributed by atoms with Gasteiger partial charge in [-0.1, -0.05) is 12.1 Å². The van der Waals surface area contributed by atoms with E-state index < -0.39 is 5.54 Å². The van der Waals surface area contributed by atoms with Gasteiger partial charge in [0.1, 0.15) is 6.61 Å². The van der Waals surface area contributed by atoms with E-state index >= 15 is 0 Å². The van der Waals surface area contributed by atoms with Crippen molar-refractivity contribution in [1.29, 1.82) is 0 Å². The lowest BCUT2D eigenvalue weighted by Gasteiger charge is -2.25. The van der Waals surface area contributed by atoms with E-state index in [4.69, 9.17) is 16.3 Å². The van der Waals surface area contributed by atoms with Gasteiger partial charge in [0, 0.05) is 18.4 Å².